The number of likely N-dealkylation sites (tertiary alicyclic amines) is 1. The average Bonchev–Trinajstić information content (AvgIpc) is 2.88. The van der Waals surface area contributed by atoms with Crippen molar-refractivity contribution in [2.75, 3.05) is 26.7 Å². The van der Waals surface area contributed by atoms with Crippen molar-refractivity contribution in [2.45, 2.75) is 44.1 Å². The van der Waals surface area contributed by atoms with Crippen molar-refractivity contribution in [2.24, 2.45) is 5.92 Å². The van der Waals surface area contributed by atoms with Crippen LogP contribution in [0.1, 0.15) is 54.4 Å². The zero-order valence-corrected chi connectivity index (χ0v) is 16.3. The monoisotopic (exact) mass is 365 g/mol. The van der Waals surface area contributed by atoms with Gasteiger partial charge in [0, 0.05) is 6.54 Å². The van der Waals surface area contributed by atoms with E-state index >= 15 is 0 Å². The van der Waals surface area contributed by atoms with Crippen LogP contribution in [0.25, 0.3) is 0 Å². The molecule has 3 nitrogen and oxygen atoms in total. The Bertz CT molecular complexity index is 737. The van der Waals surface area contributed by atoms with Crippen LogP contribution in [0.2, 0.25) is 0 Å². The summed E-state index contributed by atoms with van der Waals surface area (Å²) in [6.45, 7) is 3.44. The minimum absolute atomic E-state index is 0.371. The molecule has 1 aliphatic carbocycles. The first kappa shape index (κ1) is 18.5. The molecule has 0 aromatic heterocycles. The first-order chi connectivity index (χ1) is 13.2. The van der Waals surface area contributed by atoms with Crippen LogP contribution in [0.5, 0.6) is 5.75 Å². The predicted molar refractivity (Wildman–Crippen MR) is 109 cm³/mol. The van der Waals surface area contributed by atoms with Gasteiger partial charge in [0.25, 0.3) is 0 Å². The summed E-state index contributed by atoms with van der Waals surface area (Å²) in [5, 5.41) is 10.8. The largest absolute Gasteiger partial charge is 0.496 e. The van der Waals surface area contributed by atoms with Gasteiger partial charge < -0.3 is 14.7 Å². The highest BCUT2D eigenvalue weighted by Crippen LogP contribution is 2.37. The zero-order chi connectivity index (χ0) is 18.6. The van der Waals surface area contributed by atoms with Crippen molar-refractivity contribution < 1.29 is 9.84 Å². The molecule has 3 heteroatoms. The third-order valence-electron chi connectivity index (χ3n) is 6.48. The first-order valence-electron chi connectivity index (χ1n) is 10.4. The maximum atomic E-state index is 10.8. The number of piperidine rings is 1. The zero-order valence-electron chi connectivity index (χ0n) is 16.3. The summed E-state index contributed by atoms with van der Waals surface area (Å²) in [6.07, 6.45) is 5.11. The van der Waals surface area contributed by atoms with E-state index in [1.165, 1.54) is 37.1 Å². The Morgan fingerprint density at radius 2 is 1.78 bits per heavy atom. The lowest BCUT2D eigenvalue weighted by Crippen LogP contribution is -2.36. The molecular weight excluding hydrogens is 334 g/mol. The van der Waals surface area contributed by atoms with Gasteiger partial charge in [-0.3, -0.25) is 0 Å². The molecule has 1 fully saturated rings. The van der Waals surface area contributed by atoms with Crippen molar-refractivity contribution in [3.05, 3.63) is 65.2 Å². The highest BCUT2D eigenvalue weighted by molar-refractivity contribution is 5.42. The smallest absolute Gasteiger partial charge is 0.122 e. The summed E-state index contributed by atoms with van der Waals surface area (Å²) < 4.78 is 5.53. The molecule has 27 heavy (non-hydrogen) atoms. The normalized spacial score (nSPS) is 24.2. The summed E-state index contributed by atoms with van der Waals surface area (Å²) in [4.78, 5) is 2.62. The van der Waals surface area contributed by atoms with E-state index < -0.39 is 0 Å². The van der Waals surface area contributed by atoms with Crippen LogP contribution < -0.4 is 4.74 Å². The van der Waals surface area contributed by atoms with E-state index in [4.69, 9.17) is 4.74 Å². The number of hydrogen-bond acceptors (Lipinski definition) is 3. The van der Waals surface area contributed by atoms with Gasteiger partial charge in [0.1, 0.15) is 5.75 Å². The van der Waals surface area contributed by atoms with Crippen LogP contribution in [0.15, 0.2) is 48.5 Å². The summed E-state index contributed by atoms with van der Waals surface area (Å²) in [6, 6.07) is 17.0. The molecule has 4 rings (SSSR count). The lowest BCUT2D eigenvalue weighted by Gasteiger charge is -2.34. The molecule has 0 spiro atoms. The van der Waals surface area contributed by atoms with Crippen molar-refractivity contribution >= 4 is 0 Å². The second kappa shape index (κ2) is 8.45. The highest BCUT2D eigenvalue weighted by Gasteiger charge is 2.28. The number of hydrogen-bond donors (Lipinski definition) is 1. The number of nitrogens with zero attached hydrogens (tertiary/aromatic N) is 1. The third kappa shape index (κ3) is 4.20. The van der Waals surface area contributed by atoms with Gasteiger partial charge in [-0.15, -0.1) is 0 Å². The summed E-state index contributed by atoms with van der Waals surface area (Å²) in [5.41, 5.74) is 3.77. The van der Waals surface area contributed by atoms with Gasteiger partial charge in [0.2, 0.25) is 0 Å². The van der Waals surface area contributed by atoms with E-state index in [1.807, 2.05) is 12.1 Å². The lowest BCUT2D eigenvalue weighted by atomic mass is 9.88. The van der Waals surface area contributed by atoms with Crippen molar-refractivity contribution in [1.82, 2.24) is 4.90 Å². The van der Waals surface area contributed by atoms with E-state index in [-0.39, 0.29) is 6.10 Å². The van der Waals surface area contributed by atoms with Gasteiger partial charge >= 0.3 is 0 Å². The van der Waals surface area contributed by atoms with E-state index in [2.05, 4.69) is 41.3 Å². The van der Waals surface area contributed by atoms with Crippen LogP contribution >= 0.6 is 0 Å². The fourth-order valence-electron chi connectivity index (χ4n) is 4.97. The molecule has 2 aliphatic rings. The molecule has 1 aliphatic heterocycles. The molecule has 2 aromatic rings. The van der Waals surface area contributed by atoms with Gasteiger partial charge in [0.05, 0.1) is 13.2 Å². The van der Waals surface area contributed by atoms with Crippen LogP contribution in [0.4, 0.5) is 0 Å². The third-order valence-corrected chi connectivity index (χ3v) is 6.48. The van der Waals surface area contributed by atoms with Crippen molar-refractivity contribution in [1.29, 1.82) is 0 Å². The maximum Gasteiger partial charge on any atom is 0.122 e. The van der Waals surface area contributed by atoms with Gasteiger partial charge in [-0.1, -0.05) is 42.5 Å². The lowest BCUT2D eigenvalue weighted by molar-refractivity contribution is 0.117. The Morgan fingerprint density at radius 3 is 2.52 bits per heavy atom. The molecule has 1 N–H and O–H groups in total. The molecule has 144 valence electrons. The molecule has 0 saturated carbocycles. The minimum Gasteiger partial charge on any atom is -0.496 e. The number of aliphatic hydroxyl groups is 1. The number of rotatable bonds is 4. The Labute approximate surface area is 163 Å². The van der Waals surface area contributed by atoms with Crippen LogP contribution in [0.3, 0.4) is 0 Å². The van der Waals surface area contributed by atoms with Crippen LogP contribution in [0, 0.1) is 5.92 Å². The minimum atomic E-state index is -0.371. The van der Waals surface area contributed by atoms with Crippen molar-refractivity contribution in [3.63, 3.8) is 0 Å². The van der Waals surface area contributed by atoms with Crippen LogP contribution in [-0.4, -0.2) is 36.8 Å². The summed E-state index contributed by atoms with van der Waals surface area (Å²) >= 11 is 0. The SMILES string of the molecule is COc1cccc2c1CCC(CN1CCC(c3ccccc3)CC1)CC2O. The highest BCUT2D eigenvalue weighted by atomic mass is 16.5. The van der Waals surface area contributed by atoms with E-state index in [1.54, 1.807) is 7.11 Å². The fraction of sp³-hybridized carbons (Fsp3) is 0.500. The van der Waals surface area contributed by atoms with Gasteiger partial charge in [0.15, 0.2) is 0 Å². The van der Waals surface area contributed by atoms with E-state index in [0.717, 1.165) is 37.1 Å². The summed E-state index contributed by atoms with van der Waals surface area (Å²) in [5.74, 6) is 2.18. The van der Waals surface area contributed by atoms with E-state index in [0.29, 0.717) is 11.8 Å². The Kier molecular flexibility index (Phi) is 5.80. The fourth-order valence-corrected chi connectivity index (χ4v) is 4.97. The maximum absolute atomic E-state index is 10.8. The Hall–Kier alpha value is -1.84. The van der Waals surface area contributed by atoms with Gasteiger partial charge in [-0.05, 0) is 79.8 Å². The quantitative estimate of drug-likeness (QED) is 0.806. The molecule has 1 saturated heterocycles. The van der Waals surface area contributed by atoms with Crippen molar-refractivity contribution in [3.8, 4) is 5.75 Å². The second-order valence-corrected chi connectivity index (χ2v) is 8.17. The number of fused-ring (bicyclic) bond motifs is 1. The molecule has 2 atom stereocenters. The topological polar surface area (TPSA) is 32.7 Å². The molecule has 2 aromatic carbocycles. The standard InChI is InChI=1S/C24H31NO2/c1-27-24-9-5-8-21-22(24)11-10-18(16-23(21)26)17-25-14-12-20(13-15-25)19-6-3-2-4-7-19/h2-9,18,20,23,26H,10-17H2,1H3. The first-order valence-corrected chi connectivity index (χ1v) is 10.4. The molecule has 2 unspecified atom stereocenters. The Balaban J connectivity index is 1.35. The number of methoxy groups -OCH3 is 1. The number of aliphatic hydroxyl groups excluding tert-OH is 1. The van der Waals surface area contributed by atoms with Gasteiger partial charge in [-0.25, -0.2) is 0 Å². The molecule has 0 radical (unpaired) electrons. The van der Waals surface area contributed by atoms with Gasteiger partial charge in [-0.2, -0.15) is 0 Å². The number of benzene rings is 2. The summed E-state index contributed by atoms with van der Waals surface area (Å²) in [7, 11) is 1.72. The molecule has 0 bridgehead atoms. The van der Waals surface area contributed by atoms with E-state index in [9.17, 15) is 5.11 Å². The molecule has 0 amide bonds. The molecule has 1 heterocycles. The number of ether oxygens (including phenoxy) is 1. The Morgan fingerprint density at radius 1 is 1.00 bits per heavy atom. The second-order valence-electron chi connectivity index (χ2n) is 8.17. The predicted octanol–water partition coefficient (Wildman–Crippen LogP) is 4.56. The van der Waals surface area contributed by atoms with Crippen LogP contribution in [-0.2, 0) is 6.42 Å². The molecular formula is C24H31NO2. The average molecular weight is 366 g/mol.